The first-order chi connectivity index (χ1) is 13.3. The Morgan fingerprint density at radius 3 is 2.21 bits per heavy atom. The first kappa shape index (κ1) is 25.2. The molecule has 29 heavy (non-hydrogen) atoms. The van der Waals surface area contributed by atoms with E-state index in [0.29, 0.717) is 24.6 Å². The molecule has 0 unspecified atom stereocenters. The number of sulfonamides is 1. The van der Waals surface area contributed by atoms with Crippen molar-refractivity contribution in [2.75, 3.05) is 35.3 Å². The summed E-state index contributed by atoms with van der Waals surface area (Å²) in [6.07, 6.45) is 0. The second-order valence-electron chi connectivity index (χ2n) is 6.46. The average molecular weight is 532 g/mol. The minimum Gasteiger partial charge on any atom is -0.496 e. The van der Waals surface area contributed by atoms with Crippen LogP contribution in [0.3, 0.4) is 0 Å². The minimum atomic E-state index is -3.52. The van der Waals surface area contributed by atoms with Crippen molar-refractivity contribution in [2.45, 2.75) is 18.0 Å². The number of guanidine groups is 1. The number of aliphatic imine (C=N–C) groups is 1. The van der Waals surface area contributed by atoms with Crippen LogP contribution in [0.1, 0.15) is 11.1 Å². The van der Waals surface area contributed by atoms with Gasteiger partial charge in [-0.1, -0.05) is 36.4 Å². The summed E-state index contributed by atoms with van der Waals surface area (Å²) in [5.41, 5.74) is 1.72. The lowest BCUT2D eigenvalue weighted by Gasteiger charge is -2.23. The van der Waals surface area contributed by atoms with E-state index >= 15 is 0 Å². The molecule has 0 aliphatic carbocycles. The van der Waals surface area contributed by atoms with Crippen molar-refractivity contribution in [3.05, 3.63) is 59.7 Å². The zero-order chi connectivity index (χ0) is 20.7. The molecular weight excluding hydrogens is 503 g/mol. The topological polar surface area (TPSA) is 74.2 Å². The standard InChI is InChI=1S/C20H28N4O3S.HI/c1-21-20(24(4)15-17-11-6-8-12-18(17)27-5)22-14-16-10-7-9-13-19(16)28(25,26)23(2)3;/h6-13H,14-15H2,1-5H3,(H,21,22);1H. The first-order valence-corrected chi connectivity index (χ1v) is 10.3. The van der Waals surface area contributed by atoms with Gasteiger partial charge < -0.3 is 15.0 Å². The zero-order valence-corrected chi connectivity index (χ0v) is 20.6. The Hall–Kier alpha value is -1.85. The quantitative estimate of drug-likeness (QED) is 0.338. The van der Waals surface area contributed by atoms with E-state index in [-0.39, 0.29) is 28.9 Å². The first-order valence-electron chi connectivity index (χ1n) is 8.85. The highest BCUT2D eigenvalue weighted by Gasteiger charge is 2.21. The Labute approximate surface area is 190 Å². The van der Waals surface area contributed by atoms with Crippen molar-refractivity contribution in [3.63, 3.8) is 0 Å². The second-order valence-corrected chi connectivity index (χ2v) is 8.58. The van der Waals surface area contributed by atoms with Crippen LogP contribution in [0.5, 0.6) is 5.75 Å². The van der Waals surface area contributed by atoms with Crippen LogP contribution < -0.4 is 10.1 Å². The number of halogens is 1. The number of ether oxygens (including phenoxy) is 1. The smallest absolute Gasteiger partial charge is 0.242 e. The van der Waals surface area contributed by atoms with E-state index in [1.165, 1.54) is 18.4 Å². The molecule has 0 saturated heterocycles. The molecule has 0 heterocycles. The molecular formula is C20H29IN4O3S. The van der Waals surface area contributed by atoms with Crippen LogP contribution in [0.15, 0.2) is 58.4 Å². The minimum absolute atomic E-state index is 0. The van der Waals surface area contributed by atoms with Crippen molar-refractivity contribution in [3.8, 4) is 5.75 Å². The SMILES string of the molecule is CN=C(NCc1ccccc1S(=O)(=O)N(C)C)N(C)Cc1ccccc1OC.I. The molecule has 0 radical (unpaired) electrons. The third-order valence-corrected chi connectivity index (χ3v) is 6.26. The maximum absolute atomic E-state index is 12.6. The van der Waals surface area contributed by atoms with E-state index in [4.69, 9.17) is 4.74 Å². The van der Waals surface area contributed by atoms with E-state index in [1.807, 2.05) is 42.3 Å². The average Bonchev–Trinajstić information content (AvgIpc) is 2.69. The predicted octanol–water partition coefficient (Wildman–Crippen LogP) is 2.77. The molecule has 2 aromatic rings. The van der Waals surface area contributed by atoms with Crippen LogP contribution >= 0.6 is 24.0 Å². The lowest BCUT2D eigenvalue weighted by Crippen LogP contribution is -2.38. The third-order valence-electron chi connectivity index (χ3n) is 4.34. The molecule has 0 amide bonds. The van der Waals surface area contributed by atoms with Gasteiger partial charge in [-0.05, 0) is 17.7 Å². The summed E-state index contributed by atoms with van der Waals surface area (Å²) in [4.78, 5) is 6.56. The van der Waals surface area contributed by atoms with Gasteiger partial charge in [-0.3, -0.25) is 4.99 Å². The van der Waals surface area contributed by atoms with E-state index in [0.717, 1.165) is 11.3 Å². The van der Waals surface area contributed by atoms with Gasteiger partial charge in [0.15, 0.2) is 5.96 Å². The molecule has 0 fully saturated rings. The summed E-state index contributed by atoms with van der Waals surface area (Å²) >= 11 is 0. The third kappa shape index (κ3) is 6.31. The van der Waals surface area contributed by atoms with Crippen LogP contribution in [0, 0.1) is 0 Å². The highest BCUT2D eigenvalue weighted by Crippen LogP contribution is 2.20. The molecule has 0 saturated carbocycles. The Morgan fingerprint density at radius 1 is 1.03 bits per heavy atom. The van der Waals surface area contributed by atoms with Crippen LogP contribution in [0.2, 0.25) is 0 Å². The van der Waals surface area contributed by atoms with E-state index in [2.05, 4.69) is 10.3 Å². The molecule has 0 atom stereocenters. The number of para-hydroxylation sites is 1. The highest BCUT2D eigenvalue weighted by molar-refractivity contribution is 14.0. The Balaban J connectivity index is 0.00000420. The number of benzene rings is 2. The molecule has 0 bridgehead atoms. The Kier molecular flexibility index (Phi) is 9.87. The van der Waals surface area contributed by atoms with E-state index < -0.39 is 10.0 Å². The van der Waals surface area contributed by atoms with Crippen LogP contribution in [-0.2, 0) is 23.1 Å². The summed E-state index contributed by atoms with van der Waals surface area (Å²) in [5, 5.41) is 3.25. The lowest BCUT2D eigenvalue weighted by molar-refractivity contribution is 0.396. The van der Waals surface area contributed by atoms with Gasteiger partial charge >= 0.3 is 0 Å². The molecule has 0 aliphatic rings. The largest absolute Gasteiger partial charge is 0.496 e. The van der Waals surface area contributed by atoms with Crippen LogP contribution in [-0.4, -0.2) is 58.9 Å². The maximum atomic E-state index is 12.6. The van der Waals surface area contributed by atoms with E-state index in [1.54, 1.807) is 32.4 Å². The maximum Gasteiger partial charge on any atom is 0.242 e. The molecule has 2 aromatic carbocycles. The predicted molar refractivity (Wildman–Crippen MR) is 127 cm³/mol. The monoisotopic (exact) mass is 532 g/mol. The summed E-state index contributed by atoms with van der Waals surface area (Å²) < 4.78 is 31.7. The highest BCUT2D eigenvalue weighted by atomic mass is 127. The molecule has 0 aliphatic heterocycles. The van der Waals surface area contributed by atoms with Crippen molar-refractivity contribution < 1.29 is 13.2 Å². The van der Waals surface area contributed by atoms with Gasteiger partial charge in [-0.2, -0.15) is 0 Å². The van der Waals surface area contributed by atoms with Gasteiger partial charge in [0.25, 0.3) is 0 Å². The molecule has 7 nitrogen and oxygen atoms in total. The van der Waals surface area contributed by atoms with Gasteiger partial charge in [-0.25, -0.2) is 12.7 Å². The fraction of sp³-hybridized carbons (Fsp3) is 0.350. The van der Waals surface area contributed by atoms with Gasteiger partial charge in [0.2, 0.25) is 10.0 Å². The van der Waals surface area contributed by atoms with Crippen molar-refractivity contribution >= 4 is 40.0 Å². The van der Waals surface area contributed by atoms with Crippen LogP contribution in [0.4, 0.5) is 0 Å². The summed E-state index contributed by atoms with van der Waals surface area (Å²) in [6.45, 7) is 0.938. The summed E-state index contributed by atoms with van der Waals surface area (Å²) in [7, 11) is 4.80. The zero-order valence-electron chi connectivity index (χ0n) is 17.4. The molecule has 160 valence electrons. The molecule has 0 aromatic heterocycles. The van der Waals surface area contributed by atoms with Crippen molar-refractivity contribution in [1.82, 2.24) is 14.5 Å². The van der Waals surface area contributed by atoms with Crippen molar-refractivity contribution in [1.29, 1.82) is 0 Å². The van der Waals surface area contributed by atoms with Gasteiger partial charge in [0, 0.05) is 46.8 Å². The molecule has 0 spiro atoms. The number of nitrogens with one attached hydrogen (secondary N) is 1. The molecule has 1 N–H and O–H groups in total. The number of methoxy groups -OCH3 is 1. The summed E-state index contributed by atoms with van der Waals surface area (Å²) in [6, 6.07) is 14.8. The van der Waals surface area contributed by atoms with Gasteiger partial charge in [0.1, 0.15) is 5.75 Å². The van der Waals surface area contributed by atoms with Crippen molar-refractivity contribution in [2.24, 2.45) is 4.99 Å². The number of hydrogen-bond acceptors (Lipinski definition) is 4. The number of nitrogens with zero attached hydrogens (tertiary/aromatic N) is 3. The fourth-order valence-electron chi connectivity index (χ4n) is 2.82. The Bertz CT molecular complexity index is 933. The summed E-state index contributed by atoms with van der Waals surface area (Å²) in [5.74, 6) is 1.47. The second kappa shape index (κ2) is 11.4. The lowest BCUT2D eigenvalue weighted by atomic mass is 10.2. The molecule has 9 heteroatoms. The van der Waals surface area contributed by atoms with Gasteiger partial charge in [0.05, 0.1) is 12.0 Å². The number of hydrogen-bond donors (Lipinski definition) is 1. The van der Waals surface area contributed by atoms with E-state index in [9.17, 15) is 8.42 Å². The van der Waals surface area contributed by atoms with Crippen LogP contribution in [0.25, 0.3) is 0 Å². The fourth-order valence-corrected chi connectivity index (χ4v) is 3.94. The number of rotatable bonds is 7. The normalized spacial score (nSPS) is 11.7. The Morgan fingerprint density at radius 2 is 1.62 bits per heavy atom. The molecule has 2 rings (SSSR count). The van der Waals surface area contributed by atoms with Gasteiger partial charge in [-0.15, -0.1) is 24.0 Å².